The minimum Gasteiger partial charge on any atom is -0.491 e. The lowest BCUT2D eigenvalue weighted by Crippen LogP contribution is -2.43. The maximum absolute atomic E-state index is 6.05. The van der Waals surface area contributed by atoms with E-state index < -0.39 is 0 Å². The zero-order valence-corrected chi connectivity index (χ0v) is 13.7. The van der Waals surface area contributed by atoms with Crippen LogP contribution in [0, 0.1) is 5.41 Å². The van der Waals surface area contributed by atoms with Crippen molar-refractivity contribution in [3.05, 3.63) is 36.5 Å². The lowest BCUT2D eigenvalue weighted by atomic mass is 9.93. The molecule has 0 unspecified atom stereocenters. The van der Waals surface area contributed by atoms with Crippen molar-refractivity contribution >= 4 is 10.9 Å². The van der Waals surface area contributed by atoms with Gasteiger partial charge in [-0.1, -0.05) is 32.0 Å². The summed E-state index contributed by atoms with van der Waals surface area (Å²) in [6.07, 6.45) is 1.81. The fourth-order valence-corrected chi connectivity index (χ4v) is 2.02. The minimum atomic E-state index is 0.0597. The summed E-state index contributed by atoms with van der Waals surface area (Å²) >= 11 is 0. The van der Waals surface area contributed by atoms with Crippen molar-refractivity contribution in [1.29, 1.82) is 0 Å². The largest absolute Gasteiger partial charge is 0.491 e. The van der Waals surface area contributed by atoms with E-state index in [4.69, 9.17) is 4.74 Å². The van der Waals surface area contributed by atoms with Crippen LogP contribution in [0.5, 0.6) is 5.75 Å². The Morgan fingerprint density at radius 2 is 1.76 bits per heavy atom. The smallest absolute Gasteiger partial charge is 0.145 e. The molecule has 2 aromatic rings. The van der Waals surface area contributed by atoms with Crippen molar-refractivity contribution in [3.8, 4) is 5.75 Å². The molecule has 0 bridgehead atoms. The molecule has 0 aliphatic carbocycles. The van der Waals surface area contributed by atoms with Gasteiger partial charge in [0.05, 0.1) is 6.61 Å². The number of rotatable bonds is 5. The molecule has 1 N–H and O–H groups in total. The van der Waals surface area contributed by atoms with Gasteiger partial charge in [0.2, 0.25) is 0 Å². The van der Waals surface area contributed by atoms with Crippen LogP contribution >= 0.6 is 0 Å². The van der Waals surface area contributed by atoms with E-state index in [2.05, 4.69) is 57.1 Å². The lowest BCUT2D eigenvalue weighted by molar-refractivity contribution is 0.167. The van der Waals surface area contributed by atoms with Gasteiger partial charge in [-0.05, 0) is 32.9 Å². The van der Waals surface area contributed by atoms with E-state index in [1.165, 1.54) is 0 Å². The number of nitrogens with zero attached hydrogens (tertiary/aromatic N) is 1. The molecule has 0 atom stereocenters. The van der Waals surface area contributed by atoms with Crippen LogP contribution in [0.25, 0.3) is 10.9 Å². The Kier molecular flexibility index (Phi) is 4.52. The van der Waals surface area contributed by atoms with Crippen LogP contribution in [0.15, 0.2) is 36.5 Å². The highest BCUT2D eigenvalue weighted by molar-refractivity contribution is 5.84. The number of aromatic nitrogens is 1. The SMILES string of the molecule is CC(C)(CNC(C)(C)C)COc1cccc2cccnc12. The Morgan fingerprint density at radius 3 is 2.48 bits per heavy atom. The van der Waals surface area contributed by atoms with Gasteiger partial charge in [-0.15, -0.1) is 0 Å². The van der Waals surface area contributed by atoms with Gasteiger partial charge in [0.1, 0.15) is 11.3 Å². The molecule has 0 aliphatic heterocycles. The Hall–Kier alpha value is -1.61. The summed E-state index contributed by atoms with van der Waals surface area (Å²) in [5, 5.41) is 4.65. The van der Waals surface area contributed by atoms with Crippen molar-refractivity contribution in [1.82, 2.24) is 10.3 Å². The quantitative estimate of drug-likeness (QED) is 0.901. The van der Waals surface area contributed by atoms with Gasteiger partial charge in [-0.2, -0.15) is 0 Å². The van der Waals surface area contributed by atoms with Crippen molar-refractivity contribution in [2.75, 3.05) is 13.2 Å². The fraction of sp³-hybridized carbons (Fsp3) is 0.500. The average molecular weight is 286 g/mol. The van der Waals surface area contributed by atoms with Gasteiger partial charge >= 0.3 is 0 Å². The standard InChI is InChI=1S/C18H26N2O/c1-17(2,3)20-12-18(4,5)13-21-15-10-6-8-14-9-7-11-19-16(14)15/h6-11,20H,12-13H2,1-5H3. The summed E-state index contributed by atoms with van der Waals surface area (Å²) < 4.78 is 6.05. The molecule has 0 saturated heterocycles. The molecule has 3 heteroatoms. The topological polar surface area (TPSA) is 34.1 Å². The van der Waals surface area contributed by atoms with Gasteiger partial charge in [-0.3, -0.25) is 4.98 Å². The third-order valence-corrected chi connectivity index (χ3v) is 3.31. The monoisotopic (exact) mass is 286 g/mol. The third-order valence-electron chi connectivity index (χ3n) is 3.31. The average Bonchev–Trinajstić information content (AvgIpc) is 2.42. The number of benzene rings is 1. The van der Waals surface area contributed by atoms with E-state index in [-0.39, 0.29) is 11.0 Å². The molecule has 2 rings (SSSR count). The van der Waals surface area contributed by atoms with Gasteiger partial charge in [-0.25, -0.2) is 0 Å². The summed E-state index contributed by atoms with van der Waals surface area (Å²) in [6.45, 7) is 12.5. The molecule has 21 heavy (non-hydrogen) atoms. The van der Waals surface area contributed by atoms with Crippen molar-refractivity contribution in [2.45, 2.75) is 40.2 Å². The van der Waals surface area contributed by atoms with E-state index in [9.17, 15) is 0 Å². The predicted molar refractivity (Wildman–Crippen MR) is 88.8 cm³/mol. The van der Waals surface area contributed by atoms with E-state index in [1.807, 2.05) is 24.4 Å². The van der Waals surface area contributed by atoms with Gasteiger partial charge < -0.3 is 10.1 Å². The summed E-state index contributed by atoms with van der Waals surface area (Å²) in [6, 6.07) is 10.1. The number of nitrogens with one attached hydrogen (secondary N) is 1. The fourth-order valence-electron chi connectivity index (χ4n) is 2.02. The van der Waals surface area contributed by atoms with E-state index in [1.54, 1.807) is 0 Å². The molecule has 114 valence electrons. The van der Waals surface area contributed by atoms with Crippen molar-refractivity contribution in [3.63, 3.8) is 0 Å². The first kappa shape index (κ1) is 15.8. The molecule has 3 nitrogen and oxygen atoms in total. The first-order chi connectivity index (χ1) is 9.77. The highest BCUT2D eigenvalue weighted by Crippen LogP contribution is 2.25. The molecule has 0 amide bonds. The second-order valence-electron chi connectivity index (χ2n) is 7.39. The molecule has 1 aromatic heterocycles. The number of hydrogen-bond donors (Lipinski definition) is 1. The van der Waals surface area contributed by atoms with Crippen molar-refractivity contribution in [2.24, 2.45) is 5.41 Å². The molecule has 0 radical (unpaired) electrons. The van der Waals surface area contributed by atoms with E-state index in [0.29, 0.717) is 6.61 Å². The predicted octanol–water partition coefficient (Wildman–Crippen LogP) is 4.03. The maximum atomic E-state index is 6.05. The zero-order valence-electron chi connectivity index (χ0n) is 13.7. The lowest BCUT2D eigenvalue weighted by Gasteiger charge is -2.30. The third kappa shape index (κ3) is 4.71. The zero-order chi connectivity index (χ0) is 15.5. The second-order valence-corrected chi connectivity index (χ2v) is 7.39. The Balaban J connectivity index is 2.04. The highest BCUT2D eigenvalue weighted by Gasteiger charge is 2.22. The Bertz CT molecular complexity index is 594. The van der Waals surface area contributed by atoms with Crippen LogP contribution in [0.4, 0.5) is 0 Å². The Labute approximate surface area is 127 Å². The van der Waals surface area contributed by atoms with Crippen LogP contribution in [-0.2, 0) is 0 Å². The number of ether oxygens (including phenoxy) is 1. The number of para-hydroxylation sites is 1. The summed E-state index contributed by atoms with van der Waals surface area (Å²) in [5.74, 6) is 0.858. The van der Waals surface area contributed by atoms with E-state index in [0.717, 1.165) is 23.2 Å². The number of fused-ring (bicyclic) bond motifs is 1. The molecule has 0 spiro atoms. The van der Waals surface area contributed by atoms with Crippen LogP contribution in [0.2, 0.25) is 0 Å². The van der Waals surface area contributed by atoms with Gasteiger partial charge in [0.15, 0.2) is 0 Å². The van der Waals surface area contributed by atoms with Gasteiger partial charge in [0.25, 0.3) is 0 Å². The number of hydrogen-bond acceptors (Lipinski definition) is 3. The normalized spacial score (nSPS) is 12.6. The molecule has 1 aromatic carbocycles. The Morgan fingerprint density at radius 1 is 1.05 bits per heavy atom. The molecular formula is C18H26N2O. The molecule has 0 saturated carbocycles. The number of pyridine rings is 1. The molecule has 1 heterocycles. The minimum absolute atomic E-state index is 0.0597. The summed E-state index contributed by atoms with van der Waals surface area (Å²) in [4.78, 5) is 4.43. The maximum Gasteiger partial charge on any atom is 0.145 e. The first-order valence-corrected chi connectivity index (χ1v) is 7.48. The molecular weight excluding hydrogens is 260 g/mol. The summed E-state index contributed by atoms with van der Waals surface area (Å²) in [7, 11) is 0. The van der Waals surface area contributed by atoms with Crippen LogP contribution in [-0.4, -0.2) is 23.7 Å². The van der Waals surface area contributed by atoms with E-state index >= 15 is 0 Å². The van der Waals surface area contributed by atoms with Crippen LogP contribution < -0.4 is 10.1 Å². The summed E-state index contributed by atoms with van der Waals surface area (Å²) in [5.41, 5.74) is 1.11. The van der Waals surface area contributed by atoms with Crippen LogP contribution in [0.1, 0.15) is 34.6 Å². The first-order valence-electron chi connectivity index (χ1n) is 7.48. The molecule has 0 fully saturated rings. The highest BCUT2D eigenvalue weighted by atomic mass is 16.5. The second kappa shape index (κ2) is 6.02. The van der Waals surface area contributed by atoms with Gasteiger partial charge in [0, 0.05) is 29.1 Å². The van der Waals surface area contributed by atoms with Crippen LogP contribution in [0.3, 0.4) is 0 Å². The molecule has 0 aliphatic rings. The van der Waals surface area contributed by atoms with Crippen molar-refractivity contribution < 1.29 is 4.74 Å².